The third-order valence-corrected chi connectivity index (χ3v) is 4.92. The second-order valence-electron chi connectivity index (χ2n) is 5.83. The molecule has 19 heavy (non-hydrogen) atoms. The maximum atomic E-state index is 6.30. The van der Waals surface area contributed by atoms with E-state index in [4.69, 9.17) is 23.2 Å². The summed E-state index contributed by atoms with van der Waals surface area (Å²) in [5.74, 6) is 0.595. The minimum absolute atomic E-state index is 0.447. The minimum Gasteiger partial charge on any atom is -0.381 e. The van der Waals surface area contributed by atoms with Crippen molar-refractivity contribution in [2.75, 3.05) is 18.9 Å². The molecule has 1 aliphatic rings. The van der Waals surface area contributed by atoms with Gasteiger partial charge in [-0.05, 0) is 50.9 Å². The van der Waals surface area contributed by atoms with E-state index in [1.807, 2.05) is 19.1 Å². The van der Waals surface area contributed by atoms with Crippen LogP contribution in [0.3, 0.4) is 0 Å². The Kier molecular flexibility index (Phi) is 4.65. The number of halogens is 2. The smallest absolute Gasteiger partial charge is 0.0641 e. The van der Waals surface area contributed by atoms with Gasteiger partial charge in [0, 0.05) is 23.7 Å². The van der Waals surface area contributed by atoms with Gasteiger partial charge in [0.1, 0.15) is 0 Å². The molecular formula is C15H22Cl2N2. The molecule has 3 unspecified atom stereocenters. The second kappa shape index (κ2) is 5.90. The minimum atomic E-state index is 0.447. The van der Waals surface area contributed by atoms with E-state index in [-0.39, 0.29) is 0 Å². The molecule has 0 saturated carbocycles. The van der Waals surface area contributed by atoms with Gasteiger partial charge in [0.2, 0.25) is 0 Å². The molecule has 3 atom stereocenters. The fourth-order valence-electron chi connectivity index (χ4n) is 2.70. The van der Waals surface area contributed by atoms with E-state index in [9.17, 15) is 0 Å². The van der Waals surface area contributed by atoms with Crippen molar-refractivity contribution in [3.8, 4) is 0 Å². The van der Waals surface area contributed by atoms with Gasteiger partial charge in [-0.25, -0.2) is 0 Å². The molecule has 1 N–H and O–H groups in total. The highest BCUT2D eigenvalue weighted by Gasteiger charge is 2.29. The Morgan fingerprint density at radius 1 is 1.21 bits per heavy atom. The van der Waals surface area contributed by atoms with Crippen LogP contribution in [-0.2, 0) is 0 Å². The molecule has 0 aliphatic carbocycles. The third-order valence-electron chi connectivity index (χ3n) is 4.20. The lowest BCUT2D eigenvalue weighted by Gasteiger charge is -2.40. The predicted molar refractivity (Wildman–Crippen MR) is 84.5 cm³/mol. The largest absolute Gasteiger partial charge is 0.381 e. The number of likely N-dealkylation sites (tertiary alicyclic amines) is 1. The summed E-state index contributed by atoms with van der Waals surface area (Å²) < 4.78 is 0. The quantitative estimate of drug-likeness (QED) is 0.868. The van der Waals surface area contributed by atoms with Crippen molar-refractivity contribution in [2.24, 2.45) is 5.92 Å². The highest BCUT2D eigenvalue weighted by atomic mass is 35.5. The van der Waals surface area contributed by atoms with Crippen molar-refractivity contribution >= 4 is 28.9 Å². The number of aryl methyl sites for hydroxylation is 1. The number of nitrogens with zero attached hydrogens (tertiary/aromatic N) is 1. The number of benzene rings is 1. The molecule has 1 aliphatic heterocycles. The maximum absolute atomic E-state index is 6.30. The lowest BCUT2D eigenvalue weighted by Crippen LogP contribution is -2.48. The summed E-state index contributed by atoms with van der Waals surface area (Å²) in [6.07, 6.45) is 1.12. The van der Waals surface area contributed by atoms with Gasteiger partial charge >= 0.3 is 0 Å². The van der Waals surface area contributed by atoms with Gasteiger partial charge in [0.15, 0.2) is 0 Å². The van der Waals surface area contributed by atoms with Crippen LogP contribution in [-0.4, -0.2) is 30.6 Å². The van der Waals surface area contributed by atoms with Crippen molar-refractivity contribution in [3.05, 3.63) is 27.7 Å². The molecule has 1 saturated heterocycles. The molecule has 2 rings (SSSR count). The average Bonchev–Trinajstić information content (AvgIpc) is 2.32. The summed E-state index contributed by atoms with van der Waals surface area (Å²) in [6.45, 7) is 7.63. The number of nitrogens with one attached hydrogen (secondary N) is 1. The fraction of sp³-hybridized carbons (Fsp3) is 0.600. The summed E-state index contributed by atoms with van der Waals surface area (Å²) in [5, 5.41) is 5.09. The lowest BCUT2D eigenvalue weighted by molar-refractivity contribution is 0.145. The Labute approximate surface area is 126 Å². The summed E-state index contributed by atoms with van der Waals surface area (Å²) in [4.78, 5) is 2.41. The summed E-state index contributed by atoms with van der Waals surface area (Å²) in [6, 6.07) is 4.90. The van der Waals surface area contributed by atoms with Crippen LogP contribution in [0.2, 0.25) is 10.0 Å². The van der Waals surface area contributed by atoms with E-state index in [0.717, 1.165) is 34.3 Å². The van der Waals surface area contributed by atoms with Gasteiger partial charge in [-0.1, -0.05) is 30.1 Å². The molecule has 4 heteroatoms. The number of piperidine rings is 1. The van der Waals surface area contributed by atoms with Crippen LogP contribution in [0.25, 0.3) is 0 Å². The van der Waals surface area contributed by atoms with Crippen LogP contribution in [0, 0.1) is 12.8 Å². The molecule has 1 aromatic rings. The SMILES string of the molecule is Cc1cc(Cl)c(NC2CC(C)N(C)CC2C)cc1Cl. The summed E-state index contributed by atoms with van der Waals surface area (Å²) in [5.41, 5.74) is 1.97. The Bertz CT molecular complexity index is 462. The molecule has 1 aromatic carbocycles. The Morgan fingerprint density at radius 3 is 2.58 bits per heavy atom. The molecule has 0 aromatic heterocycles. The lowest BCUT2D eigenvalue weighted by atomic mass is 9.89. The molecule has 0 bridgehead atoms. The van der Waals surface area contributed by atoms with Gasteiger partial charge < -0.3 is 10.2 Å². The van der Waals surface area contributed by atoms with Crippen LogP contribution in [0.4, 0.5) is 5.69 Å². The molecule has 0 amide bonds. The first-order valence-electron chi connectivity index (χ1n) is 6.81. The number of anilines is 1. The number of hydrogen-bond acceptors (Lipinski definition) is 2. The van der Waals surface area contributed by atoms with E-state index in [1.54, 1.807) is 0 Å². The Hall–Kier alpha value is -0.440. The Balaban J connectivity index is 2.15. The standard InChI is InChI=1S/C15H22Cl2N2/c1-9-5-13(17)15(7-12(9)16)18-14-6-11(3)19(4)8-10(14)2/h5,7,10-11,14,18H,6,8H2,1-4H3. The molecule has 106 valence electrons. The third kappa shape index (κ3) is 3.36. The van der Waals surface area contributed by atoms with E-state index < -0.39 is 0 Å². The number of hydrogen-bond donors (Lipinski definition) is 1. The first-order valence-corrected chi connectivity index (χ1v) is 7.56. The molecule has 0 spiro atoms. The maximum Gasteiger partial charge on any atom is 0.0641 e. The van der Waals surface area contributed by atoms with Gasteiger partial charge in [0.05, 0.1) is 10.7 Å². The van der Waals surface area contributed by atoms with Crippen molar-refractivity contribution in [3.63, 3.8) is 0 Å². The zero-order valence-electron chi connectivity index (χ0n) is 12.0. The van der Waals surface area contributed by atoms with Crippen LogP contribution in [0.15, 0.2) is 12.1 Å². The fourth-order valence-corrected chi connectivity index (χ4v) is 3.14. The zero-order chi connectivity index (χ0) is 14.2. The second-order valence-corrected chi connectivity index (χ2v) is 6.65. The van der Waals surface area contributed by atoms with Crippen LogP contribution in [0.5, 0.6) is 0 Å². The normalized spacial score (nSPS) is 28.4. The Morgan fingerprint density at radius 2 is 1.89 bits per heavy atom. The first kappa shape index (κ1) is 15.0. The molecule has 1 fully saturated rings. The molecule has 1 heterocycles. The monoisotopic (exact) mass is 300 g/mol. The topological polar surface area (TPSA) is 15.3 Å². The van der Waals surface area contributed by atoms with E-state index in [2.05, 4.69) is 31.1 Å². The molecular weight excluding hydrogens is 279 g/mol. The first-order chi connectivity index (χ1) is 8.88. The van der Waals surface area contributed by atoms with E-state index in [1.165, 1.54) is 0 Å². The van der Waals surface area contributed by atoms with E-state index in [0.29, 0.717) is 18.0 Å². The van der Waals surface area contributed by atoms with Crippen LogP contribution in [0.1, 0.15) is 25.8 Å². The van der Waals surface area contributed by atoms with Crippen molar-refractivity contribution < 1.29 is 0 Å². The zero-order valence-corrected chi connectivity index (χ0v) is 13.5. The summed E-state index contributed by atoms with van der Waals surface area (Å²) in [7, 11) is 2.19. The summed E-state index contributed by atoms with van der Waals surface area (Å²) >= 11 is 12.5. The predicted octanol–water partition coefficient (Wildman–Crippen LogP) is 4.44. The highest BCUT2D eigenvalue weighted by Crippen LogP contribution is 2.32. The van der Waals surface area contributed by atoms with Crippen molar-refractivity contribution in [1.29, 1.82) is 0 Å². The van der Waals surface area contributed by atoms with Gasteiger partial charge in [-0.2, -0.15) is 0 Å². The van der Waals surface area contributed by atoms with E-state index >= 15 is 0 Å². The van der Waals surface area contributed by atoms with Crippen LogP contribution < -0.4 is 5.32 Å². The van der Waals surface area contributed by atoms with Crippen molar-refractivity contribution in [2.45, 2.75) is 39.3 Å². The molecule has 2 nitrogen and oxygen atoms in total. The van der Waals surface area contributed by atoms with Gasteiger partial charge in [0.25, 0.3) is 0 Å². The highest BCUT2D eigenvalue weighted by molar-refractivity contribution is 6.35. The van der Waals surface area contributed by atoms with Crippen molar-refractivity contribution in [1.82, 2.24) is 4.90 Å². The number of rotatable bonds is 2. The average molecular weight is 301 g/mol. The van der Waals surface area contributed by atoms with Gasteiger partial charge in [-0.3, -0.25) is 0 Å². The van der Waals surface area contributed by atoms with Crippen LogP contribution >= 0.6 is 23.2 Å². The molecule has 0 radical (unpaired) electrons. The van der Waals surface area contributed by atoms with Gasteiger partial charge in [-0.15, -0.1) is 0 Å².